The van der Waals surface area contributed by atoms with Gasteiger partial charge in [0.15, 0.2) is 23.1 Å². The van der Waals surface area contributed by atoms with Crippen molar-refractivity contribution >= 4 is 79.4 Å². The van der Waals surface area contributed by atoms with Gasteiger partial charge in [-0.3, -0.25) is 34.5 Å². The standard InChI is InChI=1S/C20H21N3O.C15H12N2.C10H14N6O2.C10H17N5O2.C7H13N3O.C5H10N4O2.CH4.B.H2/c1-20(2,3)23-19(24)17(14-21)22-18(15-10-6-4-7-11-15)16-12-8-5-9-13-16;16-11-12-17-15(13-7-3-1-4-8-13)14-9-5-2-6-10-14;1-10(2,3)12-8(17)6-7-13-14-15(4)9(18)16(7)5-11-6;1-10(2,3)14-8(16)6-7(11)15(5-13-6)9(17)12-4;1-7(2,3)10-6(11)5(9)4-8;1-6-4(10)8-3-9-5(11)7-2;;;/h4-13,17H,1-3H3,(H,23,24);1-10H,12H2;5H,1-4H3,(H,12,17);5H,11H2,1-4H3,(H,12,17)(H,14,16);5H,9H2,1-3H3,(H,10,11);3H,1-2H3,(H3,6,7,8,9,10,11);1H4;;1H/i;;;;;;;;1+1. The molecular weight excluding hydrogens is 1280 g/mol. The van der Waals surface area contributed by atoms with Gasteiger partial charge < -0.3 is 48.7 Å². The van der Waals surface area contributed by atoms with Crippen molar-refractivity contribution in [3.8, 4) is 18.2 Å². The third-order valence-electron chi connectivity index (χ3n) is 11.5. The third-order valence-corrected chi connectivity index (χ3v) is 11.5. The lowest BCUT2D eigenvalue weighted by atomic mass is 10.0. The number of aromatic nitrogens is 7. The second-order valence-electron chi connectivity index (χ2n) is 24.5. The molecule has 0 saturated carbocycles. The fourth-order valence-corrected chi connectivity index (χ4v) is 7.32. The molecule has 3 heterocycles. The van der Waals surface area contributed by atoms with E-state index < -0.39 is 59.1 Å². The summed E-state index contributed by atoms with van der Waals surface area (Å²) in [5.41, 5.74) is 14.5. The van der Waals surface area contributed by atoms with Crippen LogP contribution in [0.1, 0.15) is 135 Å². The Bertz CT molecular complexity index is 4000. The molecule has 0 aliphatic carbocycles. The zero-order valence-electron chi connectivity index (χ0n) is 58.5. The smallest absolute Gasteiger partial charge is 0.352 e. The van der Waals surface area contributed by atoms with Crippen LogP contribution < -0.4 is 59.7 Å². The van der Waals surface area contributed by atoms with Crippen molar-refractivity contribution in [2.45, 2.75) is 125 Å². The molecule has 0 bridgehead atoms. The summed E-state index contributed by atoms with van der Waals surface area (Å²) in [5.74, 6) is -1.59. The number of amides is 9. The first-order chi connectivity index (χ1) is 45.9. The average Bonchev–Trinajstić information content (AvgIpc) is 1.70. The lowest BCUT2D eigenvalue weighted by Crippen LogP contribution is -2.48. The molecule has 3 radical (unpaired) electrons. The number of nitrogens with two attached hydrogens (primary N) is 2. The quantitative estimate of drug-likeness (QED) is 0.0333. The van der Waals surface area contributed by atoms with E-state index in [0.717, 1.165) is 43.6 Å². The van der Waals surface area contributed by atoms with Crippen molar-refractivity contribution in [3.63, 3.8) is 0 Å². The van der Waals surface area contributed by atoms with Crippen LogP contribution in [-0.4, -0.2) is 164 Å². The molecule has 0 aliphatic rings. The predicted octanol–water partition coefficient (Wildman–Crippen LogP) is 5.45. The second-order valence-corrected chi connectivity index (χ2v) is 24.5. The van der Waals surface area contributed by atoms with E-state index in [4.69, 9.17) is 22.0 Å². The molecule has 32 heteroatoms. The number of carbonyl (C=O) groups excluding carboxylic acids is 7. The van der Waals surface area contributed by atoms with E-state index in [0.29, 0.717) is 5.71 Å². The molecule has 7 aromatic rings. The second kappa shape index (κ2) is 42.3. The molecular formula is C68H93BN23O8. The Morgan fingerprint density at radius 3 is 1.41 bits per heavy atom. The largest absolute Gasteiger partial charge is 0.383 e. The highest BCUT2D eigenvalue weighted by Crippen LogP contribution is 2.16. The number of hydrogen-bond donors (Lipinski definition) is 10. The molecule has 9 amide bonds. The van der Waals surface area contributed by atoms with Crippen LogP contribution in [0.5, 0.6) is 0 Å². The summed E-state index contributed by atoms with van der Waals surface area (Å²) in [6.45, 7) is 22.4. The first-order valence-corrected chi connectivity index (χ1v) is 30.0. The summed E-state index contributed by atoms with van der Waals surface area (Å²) in [5, 5.41) is 53.8. The van der Waals surface area contributed by atoms with Gasteiger partial charge in [-0.2, -0.15) is 25.5 Å². The number of nitrogen functional groups attached to an aromatic ring is 1. The number of benzene rings is 4. The fourth-order valence-electron chi connectivity index (χ4n) is 7.32. The Morgan fingerprint density at radius 2 is 1.02 bits per heavy atom. The predicted molar refractivity (Wildman–Crippen MR) is 388 cm³/mol. The molecule has 12 N–H and O–H groups in total. The molecule has 100 heavy (non-hydrogen) atoms. The summed E-state index contributed by atoms with van der Waals surface area (Å²) in [7, 11) is 5.85. The van der Waals surface area contributed by atoms with Gasteiger partial charge in [0.2, 0.25) is 6.04 Å². The monoisotopic (exact) mass is 1370 g/mol. The van der Waals surface area contributed by atoms with Crippen molar-refractivity contribution < 1.29 is 35.0 Å². The van der Waals surface area contributed by atoms with Crippen molar-refractivity contribution in [1.29, 1.82) is 15.8 Å². The number of imidazole rings is 2. The maximum atomic E-state index is 12.3. The van der Waals surface area contributed by atoms with Gasteiger partial charge in [-0.1, -0.05) is 134 Å². The molecule has 4 aromatic carbocycles. The van der Waals surface area contributed by atoms with Crippen LogP contribution in [0.2, 0.25) is 0 Å². The van der Waals surface area contributed by atoms with E-state index in [-0.39, 0.29) is 69.2 Å². The molecule has 2 unspecified atom stereocenters. The molecule has 0 fully saturated rings. The molecule has 3 aromatic heterocycles. The highest BCUT2D eigenvalue weighted by molar-refractivity contribution is 6.14. The Morgan fingerprint density at radius 1 is 0.600 bits per heavy atom. The van der Waals surface area contributed by atoms with Gasteiger partial charge in [-0.15, -0.1) is 5.10 Å². The average molecular weight is 1370 g/mol. The highest BCUT2D eigenvalue weighted by atomic mass is 16.2. The minimum atomic E-state index is -1.10. The number of rotatable bonds is 11. The molecule has 2 atom stereocenters. The number of carbonyl (C=O) groups is 7. The maximum absolute atomic E-state index is 12.3. The van der Waals surface area contributed by atoms with Crippen LogP contribution in [0.3, 0.4) is 0 Å². The van der Waals surface area contributed by atoms with E-state index in [1.54, 1.807) is 6.07 Å². The van der Waals surface area contributed by atoms with Crippen molar-refractivity contribution in [2.24, 2.45) is 27.8 Å². The summed E-state index contributed by atoms with van der Waals surface area (Å²) >= 11 is 0. The fraction of sp³-hybridized carbons (Fsp3) is 0.353. The van der Waals surface area contributed by atoms with Crippen molar-refractivity contribution in [3.05, 3.63) is 178 Å². The van der Waals surface area contributed by atoms with Crippen molar-refractivity contribution in [2.75, 3.05) is 33.4 Å². The van der Waals surface area contributed by atoms with E-state index in [9.17, 15) is 43.6 Å². The Hall–Kier alpha value is -12.2. The summed E-state index contributed by atoms with van der Waals surface area (Å²) in [6.07, 6.45) is 3.49. The zero-order valence-corrected chi connectivity index (χ0v) is 58.5. The molecule has 531 valence electrons. The molecule has 0 spiro atoms. The first kappa shape index (κ1) is 87.8. The Kier molecular flexibility index (Phi) is 37.2. The Balaban J connectivity index is 0. The van der Waals surface area contributed by atoms with Crippen molar-refractivity contribution in [1.82, 2.24) is 76.5 Å². The summed E-state index contributed by atoms with van der Waals surface area (Å²) < 4.78 is 3.34. The van der Waals surface area contributed by atoms with E-state index >= 15 is 0 Å². The first-order valence-electron chi connectivity index (χ1n) is 30.0. The van der Waals surface area contributed by atoms with Gasteiger partial charge in [-0.25, -0.2) is 38.1 Å². The molecule has 0 saturated heterocycles. The number of aryl methyl sites for hydroxylation is 1. The van der Waals surface area contributed by atoms with E-state index in [1.807, 2.05) is 210 Å². The SMILES string of the molecule is C.CC(C)(C)NC(=O)C(C#N)N=C(c1ccccc1)c1ccccc1.CC(C)(C)NC(=O)C(N)C#N.CNC(=O)N=CNC(=O)NC.CNC(=O)n1cnc(C(=O)NC(C)(C)C)c1N.Cn1nnc2c(C(=O)NC(C)(C)C)ncn2c1=O.N#CCN=C(c1ccccc1)c1ccccc1.[2HH].[B]. The number of nitrogens with zero attached hydrogens (tertiary/aromatic N) is 13. The number of urea groups is 2. The molecule has 0 aliphatic heterocycles. The normalized spacial score (nSPS) is 10.9. The summed E-state index contributed by atoms with van der Waals surface area (Å²) in [4.78, 5) is 111. The van der Waals surface area contributed by atoms with Crippen LogP contribution in [0.4, 0.5) is 20.2 Å². The number of nitrogens with one attached hydrogen (secondary N) is 8. The van der Waals surface area contributed by atoms with E-state index in [2.05, 4.69) is 83.9 Å². The zero-order chi connectivity index (χ0) is 74.0. The number of fused-ring (bicyclic) bond motifs is 1. The number of aliphatic imine (C=N–C) groups is 3. The lowest BCUT2D eigenvalue weighted by molar-refractivity contribution is -0.123. The number of anilines is 1. The van der Waals surface area contributed by atoms with Crippen LogP contribution in [0.25, 0.3) is 5.65 Å². The molecule has 31 nitrogen and oxygen atoms in total. The highest BCUT2D eigenvalue weighted by Gasteiger charge is 2.26. The van der Waals surface area contributed by atoms with Gasteiger partial charge in [-0.05, 0) is 83.1 Å². The van der Waals surface area contributed by atoms with Gasteiger partial charge >= 0.3 is 23.8 Å². The minimum Gasteiger partial charge on any atom is -0.383 e. The van der Waals surface area contributed by atoms with Crippen LogP contribution in [-0.2, 0) is 16.6 Å². The van der Waals surface area contributed by atoms with Gasteiger partial charge in [0.1, 0.15) is 31.4 Å². The minimum absolute atomic E-state index is 0. The molecule has 7 rings (SSSR count). The van der Waals surface area contributed by atoms with Crippen LogP contribution in [0, 0.1) is 34.0 Å². The lowest BCUT2D eigenvalue weighted by Gasteiger charge is -2.21. The van der Waals surface area contributed by atoms with Crippen LogP contribution in [0.15, 0.2) is 154 Å². The summed E-state index contributed by atoms with van der Waals surface area (Å²) in [6, 6.07) is 41.1. The topological polar surface area (TPSA) is 459 Å². The third kappa shape index (κ3) is 32.0. The maximum Gasteiger partial charge on any atom is 0.352 e. The van der Waals surface area contributed by atoms with Gasteiger partial charge in [0.25, 0.3) is 23.6 Å². The Labute approximate surface area is 586 Å². The van der Waals surface area contributed by atoms with E-state index in [1.165, 1.54) is 45.2 Å². The van der Waals surface area contributed by atoms with Gasteiger partial charge in [0, 0.05) is 82.4 Å². The van der Waals surface area contributed by atoms with Gasteiger partial charge in [0.05, 0.1) is 29.6 Å². The van der Waals surface area contributed by atoms with Crippen LogP contribution >= 0.6 is 0 Å². The number of nitriles is 3. The number of hydrogen-bond acceptors (Lipinski definition) is 19.